The van der Waals surface area contributed by atoms with Gasteiger partial charge in [0.1, 0.15) is 11.8 Å². The number of likely N-dealkylation sites (tertiary alicyclic amines) is 1. The Morgan fingerprint density at radius 2 is 1.89 bits per heavy atom. The summed E-state index contributed by atoms with van der Waals surface area (Å²) in [6.07, 6.45) is 2.02. The normalized spacial score (nSPS) is 27.2. The van der Waals surface area contributed by atoms with Gasteiger partial charge < -0.3 is 10.0 Å². The van der Waals surface area contributed by atoms with Crippen LogP contribution in [0.25, 0.3) is 0 Å². The summed E-state index contributed by atoms with van der Waals surface area (Å²) >= 11 is 3.57. The van der Waals surface area contributed by atoms with Crippen LogP contribution in [0.3, 0.4) is 0 Å². The number of aromatic hydroxyl groups is 1. The molecule has 6 heteroatoms. The number of unbranched alkanes of at least 4 members (excludes halogenated alkanes) is 1. The Labute approximate surface area is 167 Å². The maximum atomic E-state index is 13.2. The van der Waals surface area contributed by atoms with Crippen LogP contribution in [0.1, 0.15) is 43.0 Å². The Kier molecular flexibility index (Phi) is 5.21. The van der Waals surface area contributed by atoms with Gasteiger partial charge in [0.2, 0.25) is 5.91 Å². The summed E-state index contributed by atoms with van der Waals surface area (Å²) in [5, 5.41) is 10.4. The maximum Gasteiger partial charge on any atom is 0.242 e. The smallest absolute Gasteiger partial charge is 0.242 e. The van der Waals surface area contributed by atoms with Gasteiger partial charge in [0.25, 0.3) is 0 Å². The average Bonchev–Trinajstić information content (AvgIpc) is 3.20. The van der Waals surface area contributed by atoms with Crippen molar-refractivity contribution in [2.75, 3.05) is 6.54 Å². The molecule has 4 rings (SSSR count). The summed E-state index contributed by atoms with van der Waals surface area (Å²) in [6.45, 7) is 2.88. The standard InChI is InChI=1S/C21H24BrN3O2/c1-2-3-11-25-20(13-7-6-8-14(22)12-13)17-18(23-24-19(17)21(25)27)15-9-4-5-10-16(15)26/h4-10,12,17-20,23-24,26H,2-3,11H2,1H3. The number of fused-ring (bicyclic) bond motifs is 1. The van der Waals surface area contributed by atoms with Crippen molar-refractivity contribution in [1.29, 1.82) is 0 Å². The van der Waals surface area contributed by atoms with E-state index in [1.807, 2.05) is 35.2 Å². The van der Waals surface area contributed by atoms with Crippen molar-refractivity contribution in [2.45, 2.75) is 37.9 Å². The summed E-state index contributed by atoms with van der Waals surface area (Å²) < 4.78 is 1.00. The van der Waals surface area contributed by atoms with E-state index in [4.69, 9.17) is 0 Å². The molecule has 3 N–H and O–H groups in total. The zero-order valence-corrected chi connectivity index (χ0v) is 16.8. The lowest BCUT2D eigenvalue weighted by molar-refractivity contribution is -0.130. The van der Waals surface area contributed by atoms with Crippen molar-refractivity contribution in [1.82, 2.24) is 15.8 Å². The minimum atomic E-state index is -0.296. The molecule has 0 bridgehead atoms. The van der Waals surface area contributed by atoms with E-state index in [2.05, 4.69) is 45.8 Å². The summed E-state index contributed by atoms with van der Waals surface area (Å²) in [5.74, 6) is 0.380. The Bertz CT molecular complexity index is 844. The highest BCUT2D eigenvalue weighted by atomic mass is 79.9. The molecule has 0 aromatic heterocycles. The van der Waals surface area contributed by atoms with Crippen molar-refractivity contribution in [3.8, 4) is 5.75 Å². The number of benzene rings is 2. The lowest BCUT2D eigenvalue weighted by Crippen LogP contribution is -2.41. The molecular formula is C21H24BrN3O2. The Morgan fingerprint density at radius 3 is 2.63 bits per heavy atom. The van der Waals surface area contributed by atoms with E-state index < -0.39 is 0 Å². The number of phenolic OH excluding ortho intramolecular Hbond substituents is 1. The van der Waals surface area contributed by atoms with Gasteiger partial charge in [-0.1, -0.05) is 59.6 Å². The van der Waals surface area contributed by atoms with E-state index in [0.717, 1.165) is 35.0 Å². The largest absolute Gasteiger partial charge is 0.508 e. The number of hydrogen-bond donors (Lipinski definition) is 3. The molecule has 2 heterocycles. The molecule has 27 heavy (non-hydrogen) atoms. The fourth-order valence-electron chi connectivity index (χ4n) is 4.38. The van der Waals surface area contributed by atoms with Gasteiger partial charge in [-0.05, 0) is 30.2 Å². The minimum Gasteiger partial charge on any atom is -0.508 e. The van der Waals surface area contributed by atoms with Gasteiger partial charge in [-0.15, -0.1) is 0 Å². The van der Waals surface area contributed by atoms with Crippen molar-refractivity contribution in [3.63, 3.8) is 0 Å². The van der Waals surface area contributed by atoms with Gasteiger partial charge in [-0.2, -0.15) is 0 Å². The number of hydrazine groups is 1. The van der Waals surface area contributed by atoms with Gasteiger partial charge in [0.15, 0.2) is 0 Å². The molecule has 2 aromatic rings. The summed E-state index contributed by atoms with van der Waals surface area (Å²) in [5.41, 5.74) is 8.41. The molecule has 0 spiro atoms. The lowest BCUT2D eigenvalue weighted by atomic mass is 9.83. The average molecular weight is 430 g/mol. The van der Waals surface area contributed by atoms with Gasteiger partial charge in [0.05, 0.1) is 12.1 Å². The molecule has 4 atom stereocenters. The topological polar surface area (TPSA) is 64.6 Å². The van der Waals surface area contributed by atoms with Crippen molar-refractivity contribution in [2.24, 2.45) is 5.92 Å². The first-order valence-corrected chi connectivity index (χ1v) is 10.3. The summed E-state index contributed by atoms with van der Waals surface area (Å²) in [6, 6.07) is 15.1. The second kappa shape index (κ2) is 7.62. The van der Waals surface area contributed by atoms with E-state index in [1.54, 1.807) is 6.07 Å². The van der Waals surface area contributed by atoms with Crippen LogP contribution in [0.2, 0.25) is 0 Å². The third-order valence-corrected chi connectivity index (χ3v) is 6.12. The predicted molar refractivity (Wildman–Crippen MR) is 108 cm³/mol. The highest BCUT2D eigenvalue weighted by molar-refractivity contribution is 9.10. The van der Waals surface area contributed by atoms with Crippen LogP contribution < -0.4 is 10.9 Å². The number of amides is 1. The zero-order valence-electron chi connectivity index (χ0n) is 15.2. The lowest BCUT2D eigenvalue weighted by Gasteiger charge is -2.31. The third kappa shape index (κ3) is 3.26. The van der Waals surface area contributed by atoms with Crippen molar-refractivity contribution >= 4 is 21.8 Å². The number of carbonyl (C=O) groups excluding carboxylic acids is 1. The van der Waals surface area contributed by atoms with Crippen LogP contribution >= 0.6 is 15.9 Å². The second-order valence-electron chi connectivity index (χ2n) is 7.27. The molecule has 2 fully saturated rings. The van der Waals surface area contributed by atoms with Crippen LogP contribution in [0, 0.1) is 5.92 Å². The first-order chi connectivity index (χ1) is 13.1. The van der Waals surface area contributed by atoms with E-state index in [-0.39, 0.29) is 35.7 Å². The Hall–Kier alpha value is -1.89. The van der Waals surface area contributed by atoms with Crippen LogP contribution in [0.4, 0.5) is 0 Å². The molecule has 2 saturated heterocycles. The van der Waals surface area contributed by atoms with E-state index in [0.29, 0.717) is 0 Å². The molecule has 4 unspecified atom stereocenters. The minimum absolute atomic E-state index is 0.00282. The molecule has 142 valence electrons. The van der Waals surface area contributed by atoms with Gasteiger partial charge in [0, 0.05) is 22.5 Å². The predicted octanol–water partition coefficient (Wildman–Crippen LogP) is 3.67. The highest BCUT2D eigenvalue weighted by Crippen LogP contribution is 2.48. The highest BCUT2D eigenvalue weighted by Gasteiger charge is 2.55. The quantitative estimate of drug-likeness (QED) is 0.678. The number of hydrogen-bond acceptors (Lipinski definition) is 4. The molecule has 2 aliphatic rings. The second-order valence-corrected chi connectivity index (χ2v) is 8.18. The fraction of sp³-hybridized carbons (Fsp3) is 0.381. The first-order valence-electron chi connectivity index (χ1n) is 9.46. The monoisotopic (exact) mass is 429 g/mol. The van der Waals surface area contributed by atoms with Crippen LogP contribution in [0.5, 0.6) is 5.75 Å². The van der Waals surface area contributed by atoms with Crippen LogP contribution in [-0.4, -0.2) is 28.5 Å². The number of nitrogens with one attached hydrogen (secondary N) is 2. The Morgan fingerprint density at radius 1 is 1.11 bits per heavy atom. The third-order valence-electron chi connectivity index (χ3n) is 5.63. The van der Waals surface area contributed by atoms with Crippen LogP contribution in [0.15, 0.2) is 53.0 Å². The molecular weight excluding hydrogens is 406 g/mol. The number of para-hydroxylation sites is 1. The van der Waals surface area contributed by atoms with E-state index in [9.17, 15) is 9.90 Å². The molecule has 2 aromatic carbocycles. The molecule has 0 saturated carbocycles. The van der Waals surface area contributed by atoms with Gasteiger partial charge in [-0.25, -0.2) is 10.9 Å². The Balaban J connectivity index is 1.77. The maximum absolute atomic E-state index is 13.2. The zero-order chi connectivity index (χ0) is 19.0. The molecule has 5 nitrogen and oxygen atoms in total. The first kappa shape index (κ1) is 18.5. The molecule has 2 aliphatic heterocycles. The summed E-state index contributed by atoms with van der Waals surface area (Å²) in [4.78, 5) is 15.2. The molecule has 1 amide bonds. The molecule has 0 aliphatic carbocycles. The van der Waals surface area contributed by atoms with Crippen molar-refractivity contribution < 1.29 is 9.90 Å². The number of phenols is 1. The SMILES string of the molecule is CCCCN1C(=O)C2NNC(c3ccccc3O)C2C1c1cccc(Br)c1. The molecule has 0 radical (unpaired) electrons. The summed E-state index contributed by atoms with van der Waals surface area (Å²) in [7, 11) is 0. The van der Waals surface area contributed by atoms with E-state index >= 15 is 0 Å². The van der Waals surface area contributed by atoms with E-state index in [1.165, 1.54) is 0 Å². The number of halogens is 1. The van der Waals surface area contributed by atoms with Crippen LogP contribution in [-0.2, 0) is 4.79 Å². The fourth-order valence-corrected chi connectivity index (χ4v) is 4.80. The number of carbonyl (C=O) groups is 1. The van der Waals surface area contributed by atoms with Gasteiger partial charge >= 0.3 is 0 Å². The van der Waals surface area contributed by atoms with Crippen molar-refractivity contribution in [3.05, 3.63) is 64.1 Å². The number of nitrogens with zero attached hydrogens (tertiary/aromatic N) is 1. The number of rotatable bonds is 5. The van der Waals surface area contributed by atoms with Gasteiger partial charge in [-0.3, -0.25) is 4.79 Å².